The summed E-state index contributed by atoms with van der Waals surface area (Å²) in [7, 11) is 1.84. The fraction of sp³-hybridized carbons (Fsp3) is 0.360. The SMILES string of the molecule is CN(CC(=O)N1CCCC(c2ncc(Cc3ccc(Cl)cc3)o2)C1)Cc1ccccc1F. The quantitative estimate of drug-likeness (QED) is 0.508. The van der Waals surface area contributed by atoms with Gasteiger partial charge in [0.15, 0.2) is 5.89 Å². The molecule has 3 aromatic rings. The van der Waals surface area contributed by atoms with Crippen molar-refractivity contribution in [3.63, 3.8) is 0 Å². The van der Waals surface area contributed by atoms with Crippen LogP contribution in [0.15, 0.2) is 59.1 Å². The van der Waals surface area contributed by atoms with Gasteiger partial charge in [0.25, 0.3) is 0 Å². The van der Waals surface area contributed by atoms with Gasteiger partial charge in [0.1, 0.15) is 11.6 Å². The highest BCUT2D eigenvalue weighted by Crippen LogP contribution is 2.27. The topological polar surface area (TPSA) is 49.6 Å². The lowest BCUT2D eigenvalue weighted by molar-refractivity contribution is -0.133. The number of nitrogens with zero attached hydrogens (tertiary/aromatic N) is 3. The van der Waals surface area contributed by atoms with E-state index in [1.807, 2.05) is 41.1 Å². The molecule has 0 aliphatic carbocycles. The van der Waals surface area contributed by atoms with Gasteiger partial charge in [-0.25, -0.2) is 9.37 Å². The molecule has 1 amide bonds. The summed E-state index contributed by atoms with van der Waals surface area (Å²) in [4.78, 5) is 21.1. The zero-order valence-electron chi connectivity index (χ0n) is 18.1. The summed E-state index contributed by atoms with van der Waals surface area (Å²) in [6, 6.07) is 14.3. The molecule has 4 rings (SSSR count). The number of aromatic nitrogens is 1. The third-order valence-electron chi connectivity index (χ3n) is 5.79. The maximum Gasteiger partial charge on any atom is 0.236 e. The summed E-state index contributed by atoms with van der Waals surface area (Å²) in [5, 5.41) is 0.707. The zero-order valence-corrected chi connectivity index (χ0v) is 18.9. The Bertz CT molecular complexity index is 1050. The van der Waals surface area contributed by atoms with Gasteiger partial charge in [-0.05, 0) is 43.7 Å². The number of carbonyl (C=O) groups is 1. The molecule has 0 saturated carbocycles. The normalized spacial score (nSPS) is 16.5. The Morgan fingerprint density at radius 1 is 1.25 bits per heavy atom. The van der Waals surface area contributed by atoms with Gasteiger partial charge in [0.2, 0.25) is 5.91 Å². The monoisotopic (exact) mass is 455 g/mol. The van der Waals surface area contributed by atoms with Crippen LogP contribution in [-0.2, 0) is 17.8 Å². The first-order valence-electron chi connectivity index (χ1n) is 10.9. The van der Waals surface area contributed by atoms with E-state index < -0.39 is 0 Å². The predicted octanol–water partition coefficient (Wildman–Crippen LogP) is 4.90. The second-order valence-corrected chi connectivity index (χ2v) is 8.85. The van der Waals surface area contributed by atoms with Crippen LogP contribution in [0.4, 0.5) is 4.39 Å². The number of hydrogen-bond acceptors (Lipinski definition) is 4. The molecule has 0 N–H and O–H groups in total. The second-order valence-electron chi connectivity index (χ2n) is 8.41. The van der Waals surface area contributed by atoms with Gasteiger partial charge in [-0.3, -0.25) is 9.69 Å². The Labute approximate surface area is 192 Å². The molecule has 1 atom stereocenters. The van der Waals surface area contributed by atoms with Crippen LogP contribution in [0.2, 0.25) is 5.02 Å². The predicted molar refractivity (Wildman–Crippen MR) is 122 cm³/mol. The van der Waals surface area contributed by atoms with Crippen LogP contribution in [0, 0.1) is 5.82 Å². The molecule has 7 heteroatoms. The molecule has 32 heavy (non-hydrogen) atoms. The molecule has 1 saturated heterocycles. The van der Waals surface area contributed by atoms with Crippen molar-refractivity contribution in [2.45, 2.75) is 31.7 Å². The smallest absolute Gasteiger partial charge is 0.236 e. The highest BCUT2D eigenvalue weighted by Gasteiger charge is 2.28. The van der Waals surface area contributed by atoms with Crippen LogP contribution < -0.4 is 0 Å². The van der Waals surface area contributed by atoms with Crippen LogP contribution in [-0.4, -0.2) is 47.4 Å². The van der Waals surface area contributed by atoms with E-state index in [4.69, 9.17) is 16.0 Å². The summed E-state index contributed by atoms with van der Waals surface area (Å²) >= 11 is 5.95. The van der Waals surface area contributed by atoms with Crippen LogP contribution in [0.5, 0.6) is 0 Å². The van der Waals surface area contributed by atoms with Crippen LogP contribution in [0.3, 0.4) is 0 Å². The zero-order chi connectivity index (χ0) is 22.5. The number of rotatable bonds is 7. The van der Waals surface area contributed by atoms with Gasteiger partial charge in [0.05, 0.1) is 18.7 Å². The molecule has 168 valence electrons. The number of amides is 1. The van der Waals surface area contributed by atoms with Crippen molar-refractivity contribution in [2.75, 3.05) is 26.7 Å². The van der Waals surface area contributed by atoms with Crippen molar-refractivity contribution < 1.29 is 13.6 Å². The number of halogens is 2. The van der Waals surface area contributed by atoms with Crippen LogP contribution in [0.1, 0.15) is 41.5 Å². The number of piperidine rings is 1. The standard InChI is InChI=1S/C25H27ClFN3O2/c1-29(15-19-5-2-3-7-23(19)27)17-24(31)30-12-4-6-20(16-30)25-28-14-22(32-25)13-18-8-10-21(26)11-9-18/h2-3,5,7-11,14,20H,4,6,12-13,15-17H2,1H3. The molecule has 1 fully saturated rings. The van der Waals surface area contributed by atoms with Gasteiger partial charge < -0.3 is 9.32 Å². The van der Waals surface area contributed by atoms with Crippen LogP contribution in [0.25, 0.3) is 0 Å². The van der Waals surface area contributed by atoms with E-state index in [2.05, 4.69) is 4.98 Å². The van der Waals surface area contributed by atoms with Crippen molar-refractivity contribution in [2.24, 2.45) is 0 Å². The first-order valence-corrected chi connectivity index (χ1v) is 11.2. The van der Waals surface area contributed by atoms with Crippen molar-refractivity contribution >= 4 is 17.5 Å². The number of benzene rings is 2. The van der Waals surface area contributed by atoms with Gasteiger partial charge in [-0.2, -0.15) is 0 Å². The molecule has 5 nitrogen and oxygen atoms in total. The van der Waals surface area contributed by atoms with E-state index in [-0.39, 0.29) is 24.2 Å². The third-order valence-corrected chi connectivity index (χ3v) is 6.04. The number of carbonyl (C=O) groups excluding carboxylic acids is 1. The van der Waals surface area contributed by atoms with E-state index in [1.54, 1.807) is 24.4 Å². The maximum atomic E-state index is 13.9. The molecule has 1 aliphatic rings. The Morgan fingerprint density at radius 3 is 2.81 bits per heavy atom. The number of oxazole rings is 1. The van der Waals surface area contributed by atoms with Crippen molar-refractivity contribution in [3.8, 4) is 0 Å². The molecule has 1 unspecified atom stereocenters. The van der Waals surface area contributed by atoms with Gasteiger partial charge in [-0.1, -0.05) is 41.9 Å². The molecular formula is C25H27ClFN3O2. The average molecular weight is 456 g/mol. The molecular weight excluding hydrogens is 429 g/mol. The largest absolute Gasteiger partial charge is 0.445 e. The first-order chi connectivity index (χ1) is 15.5. The minimum Gasteiger partial charge on any atom is -0.445 e. The van der Waals surface area contributed by atoms with Gasteiger partial charge in [0, 0.05) is 36.6 Å². The van der Waals surface area contributed by atoms with Gasteiger partial charge in [-0.15, -0.1) is 0 Å². The maximum absolute atomic E-state index is 13.9. The van der Waals surface area contributed by atoms with E-state index in [0.717, 1.165) is 30.7 Å². The minimum atomic E-state index is -0.247. The molecule has 0 radical (unpaired) electrons. The summed E-state index contributed by atoms with van der Waals surface area (Å²) < 4.78 is 19.9. The lowest BCUT2D eigenvalue weighted by Gasteiger charge is -2.32. The summed E-state index contributed by atoms with van der Waals surface area (Å²) in [6.07, 6.45) is 4.27. The summed E-state index contributed by atoms with van der Waals surface area (Å²) in [6.45, 7) is 1.95. The van der Waals surface area contributed by atoms with Crippen molar-refractivity contribution in [1.29, 1.82) is 0 Å². The van der Waals surface area contributed by atoms with Gasteiger partial charge >= 0.3 is 0 Å². The lowest BCUT2D eigenvalue weighted by Crippen LogP contribution is -2.43. The summed E-state index contributed by atoms with van der Waals surface area (Å²) in [5.41, 5.74) is 1.70. The molecule has 1 aliphatic heterocycles. The molecule has 2 aromatic carbocycles. The Hall–Kier alpha value is -2.70. The fourth-order valence-electron chi connectivity index (χ4n) is 4.11. The van der Waals surface area contributed by atoms with E-state index in [0.29, 0.717) is 36.0 Å². The Morgan fingerprint density at radius 2 is 2.03 bits per heavy atom. The lowest BCUT2D eigenvalue weighted by atomic mass is 9.98. The average Bonchev–Trinajstić information content (AvgIpc) is 3.25. The molecule has 2 heterocycles. The van der Waals surface area contributed by atoms with Crippen molar-refractivity contribution in [1.82, 2.24) is 14.8 Å². The minimum absolute atomic E-state index is 0.0430. The number of likely N-dealkylation sites (N-methyl/N-ethyl adjacent to an activating group) is 1. The first kappa shape index (κ1) is 22.5. The second kappa shape index (κ2) is 10.3. The Kier molecular flexibility index (Phi) is 7.22. The van der Waals surface area contributed by atoms with Crippen molar-refractivity contribution in [3.05, 3.63) is 88.3 Å². The highest BCUT2D eigenvalue weighted by atomic mass is 35.5. The number of likely N-dealkylation sites (tertiary alicyclic amines) is 1. The van der Waals surface area contributed by atoms with E-state index in [1.165, 1.54) is 6.07 Å². The third kappa shape index (κ3) is 5.75. The number of hydrogen-bond donors (Lipinski definition) is 0. The van der Waals surface area contributed by atoms with Crippen LogP contribution >= 0.6 is 11.6 Å². The fourth-order valence-corrected chi connectivity index (χ4v) is 4.23. The summed E-state index contributed by atoms with van der Waals surface area (Å²) in [5.74, 6) is 1.37. The van der Waals surface area contributed by atoms with E-state index >= 15 is 0 Å². The molecule has 1 aromatic heterocycles. The molecule has 0 bridgehead atoms. The Balaban J connectivity index is 1.33. The highest BCUT2D eigenvalue weighted by molar-refractivity contribution is 6.30. The van der Waals surface area contributed by atoms with E-state index in [9.17, 15) is 9.18 Å². The molecule has 0 spiro atoms.